The Labute approximate surface area is 88.5 Å². The van der Waals surface area contributed by atoms with Gasteiger partial charge >= 0.3 is 0 Å². The summed E-state index contributed by atoms with van der Waals surface area (Å²) in [5.41, 5.74) is 0. The average Bonchev–Trinajstić information content (AvgIpc) is 3.01. The summed E-state index contributed by atoms with van der Waals surface area (Å²) in [5.74, 6) is 6.62. The molecule has 0 nitrogen and oxygen atoms in total. The van der Waals surface area contributed by atoms with Crippen molar-refractivity contribution in [3.8, 4) is 0 Å². The largest absolute Gasteiger partial charge is 0.343 e. The van der Waals surface area contributed by atoms with Crippen LogP contribution in [0.5, 0.6) is 0 Å². The van der Waals surface area contributed by atoms with Gasteiger partial charge in [0.05, 0.1) is 0 Å². The fraction of sp³-hybridized carbons (Fsp3) is 0.929. The molecule has 3 aliphatic rings. The zero-order valence-electron chi connectivity index (χ0n) is 9.41. The van der Waals surface area contributed by atoms with Crippen molar-refractivity contribution in [2.24, 2.45) is 35.5 Å². The summed E-state index contributed by atoms with van der Waals surface area (Å²) in [4.78, 5) is 0. The van der Waals surface area contributed by atoms with Gasteiger partial charge in [-0.15, -0.1) is 0 Å². The Hall–Kier alpha value is 0. The highest BCUT2D eigenvalue weighted by atomic mass is 14.5. The summed E-state index contributed by atoms with van der Waals surface area (Å²) in [6.45, 7) is 6.43. The standard InChI is InChI=1S/C14H23/c1-3-10-5-12(10)7-14-8-13(14)6-11-4-9(11)2/h9-14H,1,3-8H2,2H3/q-1. The van der Waals surface area contributed by atoms with Gasteiger partial charge in [0.25, 0.3) is 0 Å². The first-order valence-electron chi connectivity index (χ1n) is 6.57. The molecule has 6 atom stereocenters. The highest BCUT2D eigenvalue weighted by molar-refractivity contribution is 4.97. The first kappa shape index (κ1) is 9.24. The predicted octanol–water partition coefficient (Wildman–Crippen LogP) is 3.92. The van der Waals surface area contributed by atoms with Crippen molar-refractivity contribution in [2.75, 3.05) is 0 Å². The zero-order chi connectivity index (χ0) is 9.71. The minimum Gasteiger partial charge on any atom is -0.343 e. The van der Waals surface area contributed by atoms with E-state index >= 15 is 0 Å². The summed E-state index contributed by atoms with van der Waals surface area (Å²) in [7, 11) is 0. The van der Waals surface area contributed by atoms with E-state index in [0.717, 1.165) is 35.5 Å². The molecular weight excluding hydrogens is 168 g/mol. The maximum Gasteiger partial charge on any atom is -0.0380 e. The third-order valence-electron chi connectivity index (χ3n) is 5.00. The van der Waals surface area contributed by atoms with Crippen molar-refractivity contribution in [1.29, 1.82) is 0 Å². The second-order valence-electron chi connectivity index (χ2n) is 6.24. The molecule has 0 N–H and O–H groups in total. The molecule has 0 aromatic carbocycles. The molecule has 0 aromatic heterocycles. The molecule has 0 aromatic rings. The summed E-state index contributed by atoms with van der Waals surface area (Å²) in [6.07, 6.45) is 8.95. The Bertz CT molecular complexity index is 220. The molecule has 3 aliphatic carbocycles. The first-order chi connectivity index (χ1) is 6.78. The third-order valence-corrected chi connectivity index (χ3v) is 5.00. The fourth-order valence-electron chi connectivity index (χ4n) is 3.35. The number of hydrogen-bond acceptors (Lipinski definition) is 0. The topological polar surface area (TPSA) is 0 Å². The van der Waals surface area contributed by atoms with Gasteiger partial charge < -0.3 is 6.92 Å². The van der Waals surface area contributed by atoms with E-state index in [2.05, 4.69) is 13.8 Å². The van der Waals surface area contributed by atoms with Crippen LogP contribution in [0.4, 0.5) is 0 Å². The summed E-state index contributed by atoms with van der Waals surface area (Å²) in [6, 6.07) is 0. The van der Waals surface area contributed by atoms with E-state index in [1.54, 1.807) is 19.3 Å². The van der Waals surface area contributed by atoms with Crippen LogP contribution in [-0.2, 0) is 0 Å². The van der Waals surface area contributed by atoms with Gasteiger partial charge in [0.2, 0.25) is 0 Å². The molecule has 0 heteroatoms. The quantitative estimate of drug-likeness (QED) is 0.578. The molecule has 6 unspecified atom stereocenters. The molecule has 14 heavy (non-hydrogen) atoms. The molecule has 0 amide bonds. The van der Waals surface area contributed by atoms with Crippen LogP contribution in [-0.4, -0.2) is 0 Å². The molecule has 80 valence electrons. The Morgan fingerprint density at radius 2 is 1.36 bits per heavy atom. The van der Waals surface area contributed by atoms with Crippen LogP contribution >= 0.6 is 0 Å². The van der Waals surface area contributed by atoms with Crippen molar-refractivity contribution in [3.63, 3.8) is 0 Å². The van der Waals surface area contributed by atoms with E-state index in [0.29, 0.717) is 0 Å². The van der Waals surface area contributed by atoms with Gasteiger partial charge in [-0.2, -0.15) is 6.42 Å². The summed E-state index contributed by atoms with van der Waals surface area (Å²) < 4.78 is 0. The van der Waals surface area contributed by atoms with Crippen molar-refractivity contribution in [2.45, 2.75) is 45.4 Å². The van der Waals surface area contributed by atoms with Crippen LogP contribution in [0, 0.1) is 42.4 Å². The van der Waals surface area contributed by atoms with Crippen molar-refractivity contribution < 1.29 is 0 Å². The molecule has 0 aliphatic heterocycles. The normalized spacial score (nSPS) is 54.4. The Kier molecular flexibility index (Phi) is 2.15. The van der Waals surface area contributed by atoms with Crippen molar-refractivity contribution in [1.82, 2.24) is 0 Å². The second-order valence-corrected chi connectivity index (χ2v) is 6.24. The number of rotatable bonds is 5. The molecule has 3 rings (SSSR count). The lowest BCUT2D eigenvalue weighted by atomic mass is 10.1. The van der Waals surface area contributed by atoms with Crippen molar-refractivity contribution >= 4 is 0 Å². The van der Waals surface area contributed by atoms with Crippen molar-refractivity contribution in [3.05, 3.63) is 6.92 Å². The van der Waals surface area contributed by atoms with Crippen LogP contribution in [0.15, 0.2) is 0 Å². The molecule has 0 heterocycles. The molecule has 3 saturated carbocycles. The van der Waals surface area contributed by atoms with E-state index in [4.69, 9.17) is 0 Å². The van der Waals surface area contributed by atoms with E-state index in [1.165, 1.54) is 19.3 Å². The van der Waals surface area contributed by atoms with Crippen LogP contribution in [0.2, 0.25) is 0 Å². The third kappa shape index (κ3) is 1.85. The molecule has 0 radical (unpaired) electrons. The fourth-order valence-corrected chi connectivity index (χ4v) is 3.35. The lowest BCUT2D eigenvalue weighted by molar-refractivity contribution is 0.519. The maximum absolute atomic E-state index is 4.01. The lowest BCUT2D eigenvalue weighted by Gasteiger charge is -2.00. The van der Waals surface area contributed by atoms with E-state index in [9.17, 15) is 0 Å². The predicted molar refractivity (Wildman–Crippen MR) is 59.7 cm³/mol. The van der Waals surface area contributed by atoms with Crippen LogP contribution in [0.3, 0.4) is 0 Å². The molecular formula is C14H23-. The minimum atomic E-state index is 1.02. The van der Waals surface area contributed by atoms with Gasteiger partial charge in [0, 0.05) is 0 Å². The second kappa shape index (κ2) is 3.25. The Morgan fingerprint density at radius 1 is 0.857 bits per heavy atom. The van der Waals surface area contributed by atoms with E-state index in [1.807, 2.05) is 0 Å². The molecule has 3 fully saturated rings. The van der Waals surface area contributed by atoms with Gasteiger partial charge in [-0.25, -0.2) is 0 Å². The Balaban J connectivity index is 1.34. The van der Waals surface area contributed by atoms with Gasteiger partial charge in [-0.05, 0) is 61.7 Å². The number of hydrogen-bond donors (Lipinski definition) is 0. The Morgan fingerprint density at radius 3 is 1.86 bits per heavy atom. The average molecular weight is 191 g/mol. The van der Waals surface area contributed by atoms with Gasteiger partial charge in [-0.1, -0.05) is 12.8 Å². The monoisotopic (exact) mass is 191 g/mol. The minimum absolute atomic E-state index is 1.02. The van der Waals surface area contributed by atoms with E-state index < -0.39 is 0 Å². The maximum atomic E-state index is 4.01. The smallest absolute Gasteiger partial charge is 0.0380 e. The van der Waals surface area contributed by atoms with Crippen LogP contribution in [0.1, 0.15) is 45.4 Å². The molecule has 0 saturated heterocycles. The molecule has 0 bridgehead atoms. The van der Waals surface area contributed by atoms with Gasteiger partial charge in [0.1, 0.15) is 0 Å². The summed E-state index contributed by atoms with van der Waals surface area (Å²) in [5, 5.41) is 0. The van der Waals surface area contributed by atoms with Crippen LogP contribution < -0.4 is 0 Å². The van der Waals surface area contributed by atoms with Gasteiger partial charge in [-0.3, -0.25) is 0 Å². The van der Waals surface area contributed by atoms with Gasteiger partial charge in [0.15, 0.2) is 0 Å². The van der Waals surface area contributed by atoms with E-state index in [-0.39, 0.29) is 0 Å². The van der Waals surface area contributed by atoms with Crippen LogP contribution in [0.25, 0.3) is 0 Å². The molecule has 0 spiro atoms. The highest BCUT2D eigenvalue weighted by Crippen LogP contribution is 2.57. The SMILES string of the molecule is [CH2-]CC1CC1CC1CC1CC1CC1C. The lowest BCUT2D eigenvalue weighted by Crippen LogP contribution is -1.89. The highest BCUT2D eigenvalue weighted by Gasteiger charge is 2.46. The summed E-state index contributed by atoms with van der Waals surface area (Å²) >= 11 is 0. The first-order valence-corrected chi connectivity index (χ1v) is 6.57. The zero-order valence-corrected chi connectivity index (χ0v) is 9.41.